The molecule has 0 saturated heterocycles. The van der Waals surface area contributed by atoms with Crippen molar-refractivity contribution in [2.75, 3.05) is 11.9 Å². The fourth-order valence-corrected chi connectivity index (χ4v) is 7.37. The number of anilines is 1. The van der Waals surface area contributed by atoms with Crippen molar-refractivity contribution in [2.45, 2.75) is 40.0 Å². The standard InChI is InChI=1S/C35H30N3OS2.Pt/c1-21-22(2)38(20-37(21)6)24-10-9-11-25(17-24)39-32-19-28-31(40-32)18-27-26-12-7-8-13-30(26)41-34(27)33(28)29-16-23(14-15-36-29)35(3,4)5;/h7-16,18,20H,1-6H3;/q-3;/i6D3;. The van der Waals surface area contributed by atoms with Crippen molar-refractivity contribution in [3.8, 4) is 22.1 Å². The number of hydrogen-bond acceptors (Lipinski definition) is 6. The van der Waals surface area contributed by atoms with Crippen LogP contribution in [-0.4, -0.2) is 16.9 Å². The Bertz CT molecular complexity index is 2110. The van der Waals surface area contributed by atoms with Gasteiger partial charge in [-0.15, -0.1) is 41.3 Å². The van der Waals surface area contributed by atoms with E-state index in [1.807, 2.05) is 43.1 Å². The van der Waals surface area contributed by atoms with Crippen LogP contribution in [0.4, 0.5) is 5.69 Å². The van der Waals surface area contributed by atoms with Gasteiger partial charge in [0.2, 0.25) is 0 Å². The molecule has 0 amide bonds. The normalized spacial score (nSPS) is 15.3. The molecule has 0 atom stereocenters. The molecule has 42 heavy (non-hydrogen) atoms. The van der Waals surface area contributed by atoms with Gasteiger partial charge >= 0.3 is 0 Å². The second kappa shape index (κ2) is 10.8. The summed E-state index contributed by atoms with van der Waals surface area (Å²) in [5, 5.41) is 4.04. The maximum Gasteiger partial charge on any atom is 0.107 e. The average Bonchev–Trinajstić information content (AvgIpc) is 3.64. The molecule has 0 unspecified atom stereocenters. The number of rotatable bonds is 4. The van der Waals surface area contributed by atoms with Crippen LogP contribution in [0.1, 0.15) is 44.3 Å². The van der Waals surface area contributed by atoms with Crippen LogP contribution in [0.2, 0.25) is 0 Å². The van der Waals surface area contributed by atoms with Crippen LogP contribution < -0.4 is 9.64 Å². The molecule has 1 aliphatic rings. The molecule has 0 fully saturated rings. The maximum atomic E-state index is 7.88. The van der Waals surface area contributed by atoms with Crippen molar-refractivity contribution >= 4 is 58.6 Å². The van der Waals surface area contributed by atoms with Crippen molar-refractivity contribution in [3.63, 3.8) is 0 Å². The first-order chi connectivity index (χ1) is 20.9. The van der Waals surface area contributed by atoms with Gasteiger partial charge in [-0.25, -0.2) is 0 Å². The SMILES string of the molecule is [2H]C([2H])([2H])N1[CH-]N(c2[c-]c(Oc3[c-]c4c(-c5cc(C(C)(C)C)ccn5)c5sc6ccccc6c5cc4s3)ccc2)C(C)=C1C.[Pt]. The van der Waals surface area contributed by atoms with Gasteiger partial charge in [-0.1, -0.05) is 55.3 Å². The molecule has 7 heteroatoms. The molecule has 0 aliphatic carbocycles. The Hall–Kier alpha value is -3.18. The van der Waals surface area contributed by atoms with E-state index in [0.29, 0.717) is 22.2 Å². The van der Waals surface area contributed by atoms with Crippen LogP contribution in [0.5, 0.6) is 10.8 Å². The van der Waals surface area contributed by atoms with Crippen molar-refractivity contribution in [2.24, 2.45) is 0 Å². The summed E-state index contributed by atoms with van der Waals surface area (Å²) >= 11 is 3.33. The van der Waals surface area contributed by atoms with Gasteiger partial charge in [0.1, 0.15) is 5.06 Å². The first-order valence-electron chi connectivity index (χ1n) is 15.0. The molecule has 6 aromatic rings. The molecule has 0 spiro atoms. The zero-order valence-corrected chi connectivity index (χ0v) is 27.7. The predicted octanol–water partition coefficient (Wildman–Crippen LogP) is 10.1. The molecule has 7 rings (SSSR count). The Morgan fingerprint density at radius 2 is 1.76 bits per heavy atom. The quantitative estimate of drug-likeness (QED) is 0.167. The van der Waals surface area contributed by atoms with Crippen LogP contribution in [-0.2, 0) is 26.5 Å². The summed E-state index contributed by atoms with van der Waals surface area (Å²) in [5.41, 5.74) is 5.40. The van der Waals surface area contributed by atoms with Gasteiger partial charge < -0.3 is 14.5 Å². The summed E-state index contributed by atoms with van der Waals surface area (Å²) in [6.07, 6.45) is 1.90. The van der Waals surface area contributed by atoms with E-state index in [9.17, 15) is 0 Å². The van der Waals surface area contributed by atoms with Crippen molar-refractivity contribution < 1.29 is 29.9 Å². The third kappa shape index (κ3) is 4.94. The molecule has 3 aromatic heterocycles. The predicted molar refractivity (Wildman–Crippen MR) is 174 cm³/mol. The number of benzene rings is 3. The van der Waals surface area contributed by atoms with Gasteiger partial charge in [-0.3, -0.25) is 4.98 Å². The van der Waals surface area contributed by atoms with E-state index < -0.39 is 6.98 Å². The summed E-state index contributed by atoms with van der Waals surface area (Å²) < 4.78 is 33.5. The number of aromatic nitrogens is 1. The molecule has 4 heterocycles. The number of ether oxygens (including phenoxy) is 1. The molecule has 0 radical (unpaired) electrons. The van der Waals surface area contributed by atoms with Crippen molar-refractivity contribution in [1.82, 2.24) is 9.88 Å². The van der Waals surface area contributed by atoms with E-state index in [1.54, 1.807) is 29.3 Å². The number of fused-ring (bicyclic) bond motifs is 4. The molecule has 0 saturated carbocycles. The maximum absolute atomic E-state index is 7.88. The molecule has 0 N–H and O–H groups in total. The largest absolute Gasteiger partial charge is 0.508 e. The third-order valence-electron chi connectivity index (χ3n) is 7.64. The number of hydrogen-bond donors (Lipinski definition) is 0. The second-order valence-electron chi connectivity index (χ2n) is 11.3. The number of thiophene rings is 2. The molecule has 3 aromatic carbocycles. The van der Waals surface area contributed by atoms with Crippen LogP contribution >= 0.6 is 22.7 Å². The van der Waals surface area contributed by atoms with E-state index in [4.69, 9.17) is 13.8 Å². The van der Waals surface area contributed by atoms with E-state index in [2.05, 4.69) is 75.4 Å². The Morgan fingerprint density at radius 3 is 2.55 bits per heavy atom. The first kappa shape index (κ1) is 25.3. The molecule has 0 bridgehead atoms. The van der Waals surface area contributed by atoms with Gasteiger partial charge in [0.25, 0.3) is 0 Å². The van der Waals surface area contributed by atoms with Gasteiger partial charge in [-0.05, 0) is 71.2 Å². The summed E-state index contributed by atoms with van der Waals surface area (Å²) in [6, 6.07) is 27.6. The molecular weight excluding hydrogens is 738 g/mol. The minimum atomic E-state index is -2.27. The minimum Gasteiger partial charge on any atom is -0.508 e. The average molecular weight is 771 g/mol. The Morgan fingerprint density at radius 1 is 0.929 bits per heavy atom. The summed E-state index contributed by atoms with van der Waals surface area (Å²) in [5.74, 6) is 0.526. The smallest absolute Gasteiger partial charge is 0.107 e. The fourth-order valence-electron chi connectivity index (χ4n) is 5.21. The van der Waals surface area contributed by atoms with E-state index >= 15 is 0 Å². The van der Waals surface area contributed by atoms with Gasteiger partial charge in [-0.2, -0.15) is 29.5 Å². The minimum absolute atomic E-state index is 0. The van der Waals surface area contributed by atoms with Crippen LogP contribution in [0.25, 0.3) is 41.5 Å². The second-order valence-corrected chi connectivity index (χ2v) is 13.4. The van der Waals surface area contributed by atoms with Crippen LogP contribution in [0.3, 0.4) is 0 Å². The first-order valence-corrected chi connectivity index (χ1v) is 15.1. The van der Waals surface area contributed by atoms with E-state index in [0.717, 1.165) is 27.0 Å². The third-order valence-corrected chi connectivity index (χ3v) is 9.75. The topological polar surface area (TPSA) is 28.6 Å². The zero-order valence-electron chi connectivity index (χ0n) is 26.8. The van der Waals surface area contributed by atoms with Gasteiger partial charge in [0.05, 0.1) is 0 Å². The van der Waals surface area contributed by atoms with Gasteiger partial charge in [0.15, 0.2) is 0 Å². The van der Waals surface area contributed by atoms with Gasteiger partial charge in [0, 0.05) is 53.2 Å². The van der Waals surface area contributed by atoms with E-state index in [1.165, 1.54) is 30.6 Å². The monoisotopic (exact) mass is 770 g/mol. The molecular formula is C35H30N3OPtS2-3. The Labute approximate surface area is 273 Å². The van der Waals surface area contributed by atoms with Crippen LogP contribution in [0.15, 0.2) is 78.3 Å². The fraction of sp³-hybridized carbons (Fsp3) is 0.200. The summed E-state index contributed by atoms with van der Waals surface area (Å²) in [4.78, 5) is 8.00. The Balaban J connectivity index is 0.00000357. The zero-order chi connectivity index (χ0) is 31.0. The van der Waals surface area contributed by atoms with Crippen LogP contribution in [0, 0.1) is 18.8 Å². The molecule has 216 valence electrons. The van der Waals surface area contributed by atoms with Crippen molar-refractivity contribution in [3.05, 3.63) is 103 Å². The molecule has 1 aliphatic heterocycles. The number of nitrogens with zero attached hydrogens (tertiary/aromatic N) is 3. The Kier molecular flexibility index (Phi) is 6.53. The summed E-state index contributed by atoms with van der Waals surface area (Å²) in [6.45, 7) is 9.69. The molecule has 4 nitrogen and oxygen atoms in total. The summed E-state index contributed by atoms with van der Waals surface area (Å²) in [7, 11) is 0. The van der Waals surface area contributed by atoms with E-state index in [-0.39, 0.29) is 26.5 Å². The number of allylic oxidation sites excluding steroid dienone is 2. The number of pyridine rings is 1. The van der Waals surface area contributed by atoms with Crippen molar-refractivity contribution in [1.29, 1.82) is 0 Å².